The molecule has 0 spiro atoms. The first-order valence-electron chi connectivity index (χ1n) is 9.02. The minimum atomic E-state index is -0.184. The highest BCUT2D eigenvalue weighted by Crippen LogP contribution is 2.37. The fraction of sp³-hybridized carbons (Fsp3) is 0.824. The Bertz CT molecular complexity index is 505. The van der Waals surface area contributed by atoms with Crippen LogP contribution < -0.4 is 10.6 Å². The smallest absolute Gasteiger partial charge is 0.240 e. The van der Waals surface area contributed by atoms with Crippen LogP contribution in [0.3, 0.4) is 0 Å². The van der Waals surface area contributed by atoms with E-state index in [2.05, 4.69) is 10.6 Å². The van der Waals surface area contributed by atoms with E-state index in [0.29, 0.717) is 12.1 Å². The van der Waals surface area contributed by atoms with Gasteiger partial charge in [-0.3, -0.25) is 19.3 Å². The Kier molecular flexibility index (Phi) is 5.16. The van der Waals surface area contributed by atoms with Gasteiger partial charge in [0.15, 0.2) is 0 Å². The molecule has 0 aromatic heterocycles. The zero-order valence-electron chi connectivity index (χ0n) is 13.8. The van der Waals surface area contributed by atoms with Crippen molar-refractivity contribution in [3.05, 3.63) is 0 Å². The second-order valence-corrected chi connectivity index (χ2v) is 7.63. The number of amides is 3. The van der Waals surface area contributed by atoms with Crippen LogP contribution in [0.15, 0.2) is 0 Å². The number of halogens is 1. The van der Waals surface area contributed by atoms with Gasteiger partial charge in [-0.1, -0.05) is 12.8 Å². The monoisotopic (exact) mass is 355 g/mol. The summed E-state index contributed by atoms with van der Waals surface area (Å²) in [6.07, 6.45) is 7.89. The Balaban J connectivity index is 0.00000169. The highest BCUT2D eigenvalue weighted by molar-refractivity contribution is 6.07. The molecule has 4 unspecified atom stereocenters. The van der Waals surface area contributed by atoms with Gasteiger partial charge < -0.3 is 10.6 Å². The summed E-state index contributed by atoms with van der Waals surface area (Å²) >= 11 is 0. The van der Waals surface area contributed by atoms with E-state index in [4.69, 9.17) is 0 Å². The van der Waals surface area contributed by atoms with Crippen LogP contribution in [0.2, 0.25) is 0 Å². The molecule has 6 nitrogen and oxygen atoms in total. The average molecular weight is 356 g/mol. The van der Waals surface area contributed by atoms with Crippen LogP contribution in [-0.2, 0) is 14.4 Å². The molecule has 4 aliphatic rings. The second kappa shape index (κ2) is 7.00. The van der Waals surface area contributed by atoms with Gasteiger partial charge in [0.05, 0.1) is 11.8 Å². The lowest BCUT2D eigenvalue weighted by molar-refractivity contribution is -0.143. The van der Waals surface area contributed by atoms with Crippen LogP contribution in [0.1, 0.15) is 51.4 Å². The molecule has 4 atom stereocenters. The largest absolute Gasteiger partial charge is 0.352 e. The van der Waals surface area contributed by atoms with Gasteiger partial charge in [-0.05, 0) is 38.5 Å². The molecular formula is C17H26ClN3O3. The van der Waals surface area contributed by atoms with Crippen LogP contribution in [0, 0.1) is 11.8 Å². The van der Waals surface area contributed by atoms with Crippen LogP contribution >= 0.6 is 12.4 Å². The standard InChI is InChI=1S/C17H25N3O3.ClH/c21-15(19-12-7-10-5-6-11(8-12)18-10)9-20-16(22)13-3-1-2-4-14(13)17(20)23;/h10-14,18H,1-9H2,(H,19,21);1H. The van der Waals surface area contributed by atoms with Gasteiger partial charge in [0.25, 0.3) is 0 Å². The summed E-state index contributed by atoms with van der Waals surface area (Å²) in [5.74, 6) is -0.769. The lowest BCUT2D eigenvalue weighted by Gasteiger charge is -2.30. The summed E-state index contributed by atoms with van der Waals surface area (Å²) in [7, 11) is 0. The third kappa shape index (κ3) is 3.18. The van der Waals surface area contributed by atoms with E-state index >= 15 is 0 Å². The second-order valence-electron chi connectivity index (χ2n) is 7.63. The minimum absolute atomic E-state index is 0. The molecule has 134 valence electrons. The predicted molar refractivity (Wildman–Crippen MR) is 90.5 cm³/mol. The van der Waals surface area contributed by atoms with Crippen molar-refractivity contribution in [1.82, 2.24) is 15.5 Å². The Morgan fingerprint density at radius 2 is 1.54 bits per heavy atom. The summed E-state index contributed by atoms with van der Waals surface area (Å²) < 4.78 is 0. The number of nitrogens with one attached hydrogen (secondary N) is 2. The third-order valence-corrected chi connectivity index (χ3v) is 6.07. The first-order chi connectivity index (χ1) is 11.1. The summed E-state index contributed by atoms with van der Waals surface area (Å²) in [5.41, 5.74) is 0. The van der Waals surface area contributed by atoms with Gasteiger partial charge >= 0.3 is 0 Å². The number of carbonyl (C=O) groups is 3. The van der Waals surface area contributed by atoms with Gasteiger partial charge in [0, 0.05) is 18.1 Å². The number of likely N-dealkylation sites (tertiary alicyclic amines) is 1. The molecule has 2 N–H and O–H groups in total. The van der Waals surface area contributed by atoms with Crippen LogP contribution in [-0.4, -0.2) is 47.3 Å². The average Bonchev–Trinajstić information content (AvgIpc) is 3.00. The van der Waals surface area contributed by atoms with E-state index < -0.39 is 0 Å². The van der Waals surface area contributed by atoms with Crippen molar-refractivity contribution in [2.45, 2.75) is 69.5 Å². The summed E-state index contributed by atoms with van der Waals surface area (Å²) in [4.78, 5) is 38.3. The topological polar surface area (TPSA) is 78.5 Å². The van der Waals surface area contributed by atoms with Gasteiger partial charge in [-0.25, -0.2) is 0 Å². The number of imide groups is 1. The lowest BCUT2D eigenvalue weighted by atomic mass is 9.81. The van der Waals surface area contributed by atoms with Crippen molar-refractivity contribution >= 4 is 30.1 Å². The summed E-state index contributed by atoms with van der Waals surface area (Å²) in [6.45, 7) is -0.0933. The van der Waals surface area contributed by atoms with Crippen molar-refractivity contribution in [3.8, 4) is 0 Å². The van der Waals surface area contributed by atoms with Crippen molar-refractivity contribution < 1.29 is 14.4 Å². The zero-order valence-corrected chi connectivity index (χ0v) is 14.6. The first kappa shape index (κ1) is 17.7. The molecule has 7 heteroatoms. The molecule has 3 aliphatic heterocycles. The molecule has 3 saturated heterocycles. The predicted octanol–water partition coefficient (Wildman–Crippen LogP) is 0.983. The first-order valence-corrected chi connectivity index (χ1v) is 9.02. The maximum atomic E-state index is 12.4. The van der Waals surface area contributed by atoms with Gasteiger partial charge in [0.1, 0.15) is 6.54 Å². The molecule has 24 heavy (non-hydrogen) atoms. The van der Waals surface area contributed by atoms with Gasteiger partial charge in [-0.2, -0.15) is 0 Å². The Labute approximate surface area is 148 Å². The van der Waals surface area contributed by atoms with Gasteiger partial charge in [0.2, 0.25) is 17.7 Å². The molecule has 1 saturated carbocycles. The van der Waals surface area contributed by atoms with Crippen molar-refractivity contribution in [1.29, 1.82) is 0 Å². The Morgan fingerprint density at radius 1 is 1.00 bits per heavy atom. The SMILES string of the molecule is Cl.O=C(CN1C(=O)C2CCCCC2C1=O)NC1CC2CCC(C1)N2. The summed E-state index contributed by atoms with van der Waals surface area (Å²) in [6, 6.07) is 1.20. The van der Waals surface area contributed by atoms with Crippen molar-refractivity contribution in [2.24, 2.45) is 11.8 Å². The van der Waals surface area contributed by atoms with E-state index in [0.717, 1.165) is 38.5 Å². The highest BCUT2D eigenvalue weighted by Gasteiger charge is 2.48. The number of nitrogens with zero attached hydrogens (tertiary/aromatic N) is 1. The van der Waals surface area contributed by atoms with Gasteiger partial charge in [-0.15, -0.1) is 12.4 Å². The maximum Gasteiger partial charge on any atom is 0.240 e. The molecule has 4 fully saturated rings. The highest BCUT2D eigenvalue weighted by atomic mass is 35.5. The molecule has 0 radical (unpaired) electrons. The quantitative estimate of drug-likeness (QED) is 0.740. The number of carbonyl (C=O) groups excluding carboxylic acids is 3. The van der Waals surface area contributed by atoms with Crippen LogP contribution in [0.25, 0.3) is 0 Å². The fourth-order valence-electron chi connectivity index (χ4n) is 4.98. The molecule has 2 bridgehead atoms. The lowest BCUT2D eigenvalue weighted by Crippen LogP contribution is -2.50. The van der Waals surface area contributed by atoms with E-state index in [1.807, 2.05) is 0 Å². The number of hydrogen-bond donors (Lipinski definition) is 2. The van der Waals surface area contributed by atoms with E-state index in [-0.39, 0.29) is 54.6 Å². The number of piperidine rings is 1. The molecular weight excluding hydrogens is 330 g/mol. The van der Waals surface area contributed by atoms with Crippen LogP contribution in [0.5, 0.6) is 0 Å². The van der Waals surface area contributed by atoms with Crippen molar-refractivity contribution in [3.63, 3.8) is 0 Å². The van der Waals surface area contributed by atoms with E-state index in [1.54, 1.807) is 0 Å². The molecule has 3 amide bonds. The molecule has 4 rings (SSSR count). The molecule has 1 aliphatic carbocycles. The van der Waals surface area contributed by atoms with Crippen LogP contribution in [0.4, 0.5) is 0 Å². The van der Waals surface area contributed by atoms with Crippen molar-refractivity contribution in [2.75, 3.05) is 6.54 Å². The molecule has 0 aromatic rings. The Morgan fingerprint density at radius 3 is 2.08 bits per heavy atom. The number of hydrogen-bond acceptors (Lipinski definition) is 4. The van der Waals surface area contributed by atoms with E-state index in [1.165, 1.54) is 17.7 Å². The molecule has 0 aromatic carbocycles. The Hall–Kier alpha value is -1.14. The number of rotatable bonds is 3. The minimum Gasteiger partial charge on any atom is -0.352 e. The summed E-state index contributed by atoms with van der Waals surface area (Å²) in [5, 5.41) is 6.59. The maximum absolute atomic E-state index is 12.4. The van der Waals surface area contributed by atoms with E-state index in [9.17, 15) is 14.4 Å². The normalized spacial score (nSPS) is 37.8. The fourth-order valence-corrected chi connectivity index (χ4v) is 4.98. The third-order valence-electron chi connectivity index (χ3n) is 6.07. The molecule has 3 heterocycles. The zero-order chi connectivity index (χ0) is 16.0. The number of fused-ring (bicyclic) bond motifs is 3.